The maximum Gasteiger partial charge on any atom is 0.417 e. The highest BCUT2D eigenvalue weighted by Gasteiger charge is 2.35. The fourth-order valence-electron chi connectivity index (χ4n) is 4.12. The van der Waals surface area contributed by atoms with Gasteiger partial charge in [-0.3, -0.25) is 9.48 Å². The van der Waals surface area contributed by atoms with Crippen LogP contribution in [0.5, 0.6) is 5.75 Å². The van der Waals surface area contributed by atoms with E-state index in [9.17, 15) is 22.4 Å². The van der Waals surface area contributed by atoms with E-state index in [-0.39, 0.29) is 41.5 Å². The third kappa shape index (κ3) is 6.16. The number of carbonyl (C=O) groups excluding carboxylic acids is 1. The zero-order valence-electron chi connectivity index (χ0n) is 20.4. The molecule has 4 rings (SSSR count). The number of rotatable bonds is 7. The third-order valence-electron chi connectivity index (χ3n) is 6.08. The lowest BCUT2D eigenvalue weighted by molar-refractivity contribution is -0.0688. The molecule has 11 heteroatoms. The van der Waals surface area contributed by atoms with E-state index >= 15 is 0 Å². The molecule has 0 unspecified atom stereocenters. The Balaban J connectivity index is 1.63. The van der Waals surface area contributed by atoms with Crippen LogP contribution in [0.4, 0.5) is 17.6 Å². The number of nitrogens with one attached hydrogen (secondary N) is 1. The van der Waals surface area contributed by atoms with Gasteiger partial charge in [-0.2, -0.15) is 18.3 Å². The lowest BCUT2D eigenvalue weighted by Crippen LogP contribution is -2.45. The number of fused-ring (bicyclic) bond motifs is 1. The number of likely N-dealkylation sites (tertiary alicyclic amines) is 1. The topological polar surface area (TPSA) is 72.3 Å². The van der Waals surface area contributed by atoms with Gasteiger partial charge in [0, 0.05) is 43.7 Å². The third-order valence-corrected chi connectivity index (χ3v) is 6.08. The zero-order chi connectivity index (χ0) is 26.7. The Morgan fingerprint density at radius 1 is 1.30 bits per heavy atom. The molecule has 0 bridgehead atoms. The van der Waals surface area contributed by atoms with Gasteiger partial charge < -0.3 is 15.0 Å². The molecule has 0 aliphatic carbocycles. The van der Waals surface area contributed by atoms with Crippen LogP contribution in [-0.4, -0.2) is 70.7 Å². The number of aromatic nitrogens is 3. The van der Waals surface area contributed by atoms with E-state index in [0.717, 1.165) is 0 Å². The first kappa shape index (κ1) is 26.3. The molecule has 196 valence electrons. The Morgan fingerprint density at radius 3 is 2.76 bits per heavy atom. The molecule has 1 fully saturated rings. The van der Waals surface area contributed by atoms with E-state index in [0.29, 0.717) is 23.9 Å². The summed E-state index contributed by atoms with van der Waals surface area (Å²) in [4.78, 5) is 18.2. The zero-order valence-corrected chi connectivity index (χ0v) is 20.4. The van der Waals surface area contributed by atoms with Gasteiger partial charge in [-0.15, -0.1) is 0 Å². The summed E-state index contributed by atoms with van der Waals surface area (Å²) < 4.78 is 63.0. The molecule has 7 nitrogen and oxygen atoms in total. The number of ether oxygens (including phenoxy) is 1. The van der Waals surface area contributed by atoms with Crippen molar-refractivity contribution in [2.45, 2.75) is 24.9 Å². The summed E-state index contributed by atoms with van der Waals surface area (Å²) in [6, 6.07) is 6.25. The number of hydrogen-bond acceptors (Lipinski definition) is 5. The van der Waals surface area contributed by atoms with Crippen LogP contribution < -0.4 is 10.1 Å². The van der Waals surface area contributed by atoms with E-state index in [1.54, 1.807) is 37.5 Å². The minimum Gasteiger partial charge on any atom is -0.487 e. The molecule has 1 aliphatic rings. The van der Waals surface area contributed by atoms with Crippen LogP contribution in [0.25, 0.3) is 22.4 Å². The number of benzene rings is 1. The second-order valence-electron chi connectivity index (χ2n) is 8.96. The Kier molecular flexibility index (Phi) is 7.63. The number of halogens is 4. The molecule has 3 heterocycles. The van der Waals surface area contributed by atoms with Gasteiger partial charge in [-0.05, 0) is 31.7 Å². The highest BCUT2D eigenvalue weighted by molar-refractivity contribution is 5.97. The Morgan fingerprint density at radius 2 is 2.08 bits per heavy atom. The van der Waals surface area contributed by atoms with Crippen molar-refractivity contribution in [3.63, 3.8) is 0 Å². The predicted octanol–water partition coefficient (Wildman–Crippen LogP) is 4.41. The average molecular weight is 518 g/mol. The molecular weight excluding hydrogens is 490 g/mol. The maximum atomic E-state index is 14.6. The molecule has 1 saturated heterocycles. The van der Waals surface area contributed by atoms with Gasteiger partial charge in [-0.25, -0.2) is 9.37 Å². The van der Waals surface area contributed by atoms with Crippen molar-refractivity contribution in [2.24, 2.45) is 7.05 Å². The minimum atomic E-state index is -4.70. The SMILES string of the molecule is C=C(c1nc(/C=C/CNC(=O)c2cnn(C)c2)cc2c(O[C@@H]3CCN(C)C[C@@H]3F)cccc12)C(F)(F)F. The van der Waals surface area contributed by atoms with Gasteiger partial charge in [0.2, 0.25) is 0 Å². The predicted molar refractivity (Wildman–Crippen MR) is 133 cm³/mol. The summed E-state index contributed by atoms with van der Waals surface area (Å²) in [5.74, 6) is -0.0715. The number of amides is 1. The summed E-state index contributed by atoms with van der Waals surface area (Å²) in [6.45, 7) is 4.20. The molecule has 0 spiro atoms. The number of piperidine rings is 1. The van der Waals surface area contributed by atoms with Gasteiger partial charge in [0.15, 0.2) is 0 Å². The van der Waals surface area contributed by atoms with Gasteiger partial charge in [0.1, 0.15) is 18.0 Å². The summed E-state index contributed by atoms with van der Waals surface area (Å²) >= 11 is 0. The highest BCUT2D eigenvalue weighted by Crippen LogP contribution is 2.38. The first-order valence-electron chi connectivity index (χ1n) is 11.7. The molecule has 3 aromatic rings. The van der Waals surface area contributed by atoms with Gasteiger partial charge in [0.25, 0.3) is 5.91 Å². The van der Waals surface area contributed by atoms with E-state index in [2.05, 4.69) is 22.0 Å². The molecule has 37 heavy (non-hydrogen) atoms. The molecule has 1 N–H and O–H groups in total. The summed E-state index contributed by atoms with van der Waals surface area (Å²) in [5.41, 5.74) is -0.850. The number of hydrogen-bond donors (Lipinski definition) is 1. The second kappa shape index (κ2) is 10.7. The van der Waals surface area contributed by atoms with E-state index in [1.807, 2.05) is 11.9 Å². The fraction of sp³-hybridized carbons (Fsp3) is 0.346. The van der Waals surface area contributed by atoms with E-state index < -0.39 is 24.0 Å². The lowest BCUT2D eigenvalue weighted by Gasteiger charge is -2.32. The smallest absolute Gasteiger partial charge is 0.417 e. The minimum absolute atomic E-state index is 0.111. The monoisotopic (exact) mass is 517 g/mol. The highest BCUT2D eigenvalue weighted by atomic mass is 19.4. The normalized spacial score (nSPS) is 18.9. The van der Waals surface area contributed by atoms with Crippen LogP contribution in [0.1, 0.15) is 28.2 Å². The van der Waals surface area contributed by atoms with Crippen molar-refractivity contribution in [3.05, 3.63) is 66.3 Å². The number of aryl methyl sites for hydroxylation is 1. The Hall–Kier alpha value is -3.73. The van der Waals surface area contributed by atoms with Crippen LogP contribution >= 0.6 is 0 Å². The Labute approximate surface area is 211 Å². The van der Waals surface area contributed by atoms with Crippen molar-refractivity contribution < 1.29 is 27.1 Å². The molecule has 0 saturated carbocycles. The lowest BCUT2D eigenvalue weighted by atomic mass is 10.0. The van der Waals surface area contributed by atoms with Crippen LogP contribution in [0, 0.1) is 0 Å². The van der Waals surface area contributed by atoms with Crippen LogP contribution in [0.15, 0.2) is 49.3 Å². The van der Waals surface area contributed by atoms with Crippen molar-refractivity contribution in [3.8, 4) is 5.75 Å². The number of carbonyl (C=O) groups is 1. The van der Waals surface area contributed by atoms with Crippen molar-refractivity contribution in [1.82, 2.24) is 25.0 Å². The summed E-state index contributed by atoms with van der Waals surface area (Å²) in [6.07, 6.45) is -0.144. The number of allylic oxidation sites excluding steroid dienone is 1. The van der Waals surface area contributed by atoms with Gasteiger partial charge >= 0.3 is 6.18 Å². The fourth-order valence-corrected chi connectivity index (χ4v) is 4.12. The molecule has 1 aliphatic heterocycles. The van der Waals surface area contributed by atoms with Crippen molar-refractivity contribution in [1.29, 1.82) is 0 Å². The van der Waals surface area contributed by atoms with Gasteiger partial charge in [-0.1, -0.05) is 24.8 Å². The summed E-state index contributed by atoms with van der Waals surface area (Å²) in [7, 11) is 3.51. The largest absolute Gasteiger partial charge is 0.487 e. The van der Waals surface area contributed by atoms with Crippen LogP contribution in [-0.2, 0) is 7.05 Å². The molecule has 2 aromatic heterocycles. The average Bonchev–Trinajstić information content (AvgIpc) is 3.28. The molecule has 1 amide bonds. The number of alkyl halides is 4. The van der Waals surface area contributed by atoms with Crippen LogP contribution in [0.2, 0.25) is 0 Å². The van der Waals surface area contributed by atoms with E-state index in [1.165, 1.54) is 23.0 Å². The summed E-state index contributed by atoms with van der Waals surface area (Å²) in [5, 5.41) is 7.18. The van der Waals surface area contributed by atoms with Gasteiger partial charge in [0.05, 0.1) is 28.7 Å². The molecular formula is C26H27F4N5O2. The maximum absolute atomic E-state index is 14.6. The second-order valence-corrected chi connectivity index (χ2v) is 8.96. The van der Waals surface area contributed by atoms with E-state index in [4.69, 9.17) is 4.74 Å². The van der Waals surface area contributed by atoms with Crippen molar-refractivity contribution >= 4 is 28.3 Å². The standard InChI is InChI=1S/C26H27F4N5O2/c1-16(26(28,29)30)24-19-7-4-8-22(37-23-9-11-34(2)15-21(23)27)20(19)12-18(33-24)6-5-10-31-25(36)17-13-32-35(3)14-17/h4-8,12-14,21,23H,1,9-11,15H2,2-3H3,(H,31,36)/b6-5+/t21-,23+/m0/s1. The Bertz CT molecular complexity index is 1330. The molecule has 1 aromatic carbocycles. The number of nitrogens with zero attached hydrogens (tertiary/aromatic N) is 4. The number of pyridine rings is 1. The first-order chi connectivity index (χ1) is 17.5. The molecule has 2 atom stereocenters. The van der Waals surface area contributed by atoms with Crippen molar-refractivity contribution in [2.75, 3.05) is 26.7 Å². The molecule has 0 radical (unpaired) electrons. The first-order valence-corrected chi connectivity index (χ1v) is 11.7. The quantitative estimate of drug-likeness (QED) is 0.471. The van der Waals surface area contributed by atoms with Crippen LogP contribution in [0.3, 0.4) is 0 Å².